The number of imidazole rings is 1. The van der Waals surface area contributed by atoms with Crippen LogP contribution in [0.1, 0.15) is 45.5 Å². The van der Waals surface area contributed by atoms with Crippen LogP contribution >= 0.6 is 0 Å². The van der Waals surface area contributed by atoms with Gasteiger partial charge in [-0.2, -0.15) is 0 Å². The predicted molar refractivity (Wildman–Crippen MR) is 75.6 cm³/mol. The first-order valence-corrected chi connectivity index (χ1v) is 6.65. The summed E-state index contributed by atoms with van der Waals surface area (Å²) in [5, 5.41) is 0. The fourth-order valence-corrected chi connectivity index (χ4v) is 2.63. The molecule has 2 aromatic heterocycles. The van der Waals surface area contributed by atoms with Crippen LogP contribution in [0, 0.1) is 18.3 Å². The smallest absolute Gasteiger partial charge is 0.177 e. The number of nitrogens with zero attached hydrogens (tertiary/aromatic N) is 2. The lowest BCUT2D eigenvalue weighted by molar-refractivity contribution is 0.304. The lowest BCUT2D eigenvalue weighted by Crippen LogP contribution is -2.13. The van der Waals surface area contributed by atoms with Crippen LogP contribution in [0.4, 0.5) is 0 Å². The highest BCUT2D eigenvalue weighted by molar-refractivity contribution is 5.74. The molecule has 0 aliphatic heterocycles. The fraction of sp³-hybridized carbons (Fsp3) is 0.600. The Hall–Kier alpha value is -1.38. The van der Waals surface area contributed by atoms with E-state index in [4.69, 9.17) is 0 Å². The Bertz CT molecular complexity index is 534. The number of rotatable bonds is 3. The monoisotopic (exact) mass is 245 g/mol. The van der Waals surface area contributed by atoms with E-state index in [1.165, 1.54) is 12.0 Å². The third kappa shape index (κ3) is 3.09. The van der Waals surface area contributed by atoms with E-state index < -0.39 is 0 Å². The molecule has 0 amide bonds. The lowest BCUT2D eigenvalue weighted by Gasteiger charge is -2.22. The largest absolute Gasteiger partial charge is 0.340 e. The number of nitrogens with one attached hydrogen (secondary N) is 1. The minimum absolute atomic E-state index is 0.375. The van der Waals surface area contributed by atoms with E-state index in [9.17, 15) is 0 Å². The van der Waals surface area contributed by atoms with Crippen molar-refractivity contribution in [1.29, 1.82) is 0 Å². The van der Waals surface area contributed by atoms with Crippen molar-refractivity contribution >= 4 is 11.2 Å². The maximum atomic E-state index is 4.58. The molecule has 2 rings (SSSR count). The molecule has 0 radical (unpaired) electrons. The molecule has 0 spiro atoms. The van der Waals surface area contributed by atoms with E-state index in [1.54, 1.807) is 0 Å². The summed E-state index contributed by atoms with van der Waals surface area (Å²) < 4.78 is 0. The summed E-state index contributed by atoms with van der Waals surface area (Å²) in [5.41, 5.74) is 3.50. The van der Waals surface area contributed by atoms with Crippen molar-refractivity contribution in [2.75, 3.05) is 0 Å². The van der Waals surface area contributed by atoms with Crippen molar-refractivity contribution in [2.45, 2.75) is 47.5 Å². The van der Waals surface area contributed by atoms with Crippen LogP contribution in [0.5, 0.6) is 0 Å². The van der Waals surface area contributed by atoms with E-state index in [0.717, 1.165) is 23.4 Å². The average molecular weight is 245 g/mol. The summed E-state index contributed by atoms with van der Waals surface area (Å²) in [6.07, 6.45) is 4.02. The summed E-state index contributed by atoms with van der Waals surface area (Å²) in [6, 6.07) is 2.02. The molecule has 0 saturated carbocycles. The van der Waals surface area contributed by atoms with Crippen molar-refractivity contribution in [1.82, 2.24) is 15.0 Å². The van der Waals surface area contributed by atoms with Gasteiger partial charge in [-0.15, -0.1) is 0 Å². The van der Waals surface area contributed by atoms with Gasteiger partial charge in [-0.3, -0.25) is 0 Å². The number of hydrogen-bond donors (Lipinski definition) is 1. The van der Waals surface area contributed by atoms with Gasteiger partial charge in [-0.05, 0) is 36.3 Å². The molecule has 2 heterocycles. The van der Waals surface area contributed by atoms with Gasteiger partial charge < -0.3 is 4.98 Å². The van der Waals surface area contributed by atoms with Gasteiger partial charge in [-0.25, -0.2) is 9.97 Å². The number of aromatic amines is 1. The number of aromatic nitrogens is 3. The summed E-state index contributed by atoms with van der Waals surface area (Å²) >= 11 is 0. The van der Waals surface area contributed by atoms with Crippen LogP contribution in [-0.4, -0.2) is 15.0 Å². The molecule has 98 valence electrons. The van der Waals surface area contributed by atoms with E-state index in [1.807, 2.05) is 12.3 Å². The van der Waals surface area contributed by atoms with Gasteiger partial charge >= 0.3 is 0 Å². The lowest BCUT2D eigenvalue weighted by atomic mass is 9.84. The molecule has 0 aliphatic rings. The molecule has 3 heteroatoms. The van der Waals surface area contributed by atoms with E-state index >= 15 is 0 Å². The summed E-state index contributed by atoms with van der Waals surface area (Å²) in [7, 11) is 0. The molecule has 18 heavy (non-hydrogen) atoms. The summed E-state index contributed by atoms with van der Waals surface area (Å²) in [5.74, 6) is 1.69. The molecule has 1 atom stereocenters. The van der Waals surface area contributed by atoms with Crippen molar-refractivity contribution in [2.24, 2.45) is 11.3 Å². The van der Waals surface area contributed by atoms with E-state index in [-0.39, 0.29) is 0 Å². The van der Waals surface area contributed by atoms with Gasteiger partial charge in [0, 0.05) is 12.6 Å². The van der Waals surface area contributed by atoms with Crippen molar-refractivity contribution in [3.63, 3.8) is 0 Å². The first kappa shape index (κ1) is 13.1. The summed E-state index contributed by atoms with van der Waals surface area (Å²) in [4.78, 5) is 12.3. The van der Waals surface area contributed by atoms with Crippen molar-refractivity contribution < 1.29 is 0 Å². The fourth-order valence-electron chi connectivity index (χ4n) is 2.63. The van der Waals surface area contributed by atoms with E-state index in [0.29, 0.717) is 11.3 Å². The second-order valence-corrected chi connectivity index (χ2v) is 6.58. The molecule has 3 nitrogen and oxygen atoms in total. The standard InChI is InChI=1S/C15H23N3/c1-10(9-15(3,4)5)8-12-17-13-11(2)6-7-16-14(13)18-12/h6-7,10H,8-9H2,1-5H3,(H,16,17,18). The van der Waals surface area contributed by atoms with E-state index in [2.05, 4.69) is 49.6 Å². The zero-order chi connectivity index (χ0) is 13.3. The van der Waals surface area contributed by atoms with Crippen LogP contribution in [0.25, 0.3) is 11.2 Å². The van der Waals surface area contributed by atoms with Crippen molar-refractivity contribution in [3.8, 4) is 0 Å². The molecular weight excluding hydrogens is 222 g/mol. The first-order chi connectivity index (χ1) is 8.35. The van der Waals surface area contributed by atoms with Gasteiger partial charge in [0.25, 0.3) is 0 Å². The molecular formula is C15H23N3. The molecule has 1 unspecified atom stereocenters. The van der Waals surface area contributed by atoms with Gasteiger partial charge in [0.2, 0.25) is 0 Å². The maximum Gasteiger partial charge on any atom is 0.177 e. The molecule has 1 N–H and O–H groups in total. The highest BCUT2D eigenvalue weighted by Crippen LogP contribution is 2.26. The Morgan fingerprint density at radius 2 is 2.06 bits per heavy atom. The van der Waals surface area contributed by atoms with Gasteiger partial charge in [-0.1, -0.05) is 27.7 Å². The van der Waals surface area contributed by atoms with Crippen LogP contribution in [0.15, 0.2) is 12.3 Å². The van der Waals surface area contributed by atoms with Gasteiger partial charge in [0.1, 0.15) is 5.82 Å². The maximum absolute atomic E-state index is 4.58. The van der Waals surface area contributed by atoms with Crippen molar-refractivity contribution in [3.05, 3.63) is 23.7 Å². The second-order valence-electron chi connectivity index (χ2n) is 6.58. The third-order valence-corrected chi connectivity index (χ3v) is 3.15. The average Bonchev–Trinajstić information content (AvgIpc) is 2.58. The first-order valence-electron chi connectivity index (χ1n) is 6.65. The topological polar surface area (TPSA) is 41.6 Å². The molecule has 0 aromatic carbocycles. The zero-order valence-corrected chi connectivity index (χ0v) is 12.0. The number of hydrogen-bond acceptors (Lipinski definition) is 2. The number of pyridine rings is 1. The number of aryl methyl sites for hydroxylation is 1. The highest BCUT2D eigenvalue weighted by Gasteiger charge is 2.17. The Morgan fingerprint density at radius 1 is 1.33 bits per heavy atom. The minimum atomic E-state index is 0.375. The number of H-pyrrole nitrogens is 1. The molecule has 0 fully saturated rings. The Morgan fingerprint density at radius 3 is 2.67 bits per heavy atom. The molecule has 0 bridgehead atoms. The number of fused-ring (bicyclic) bond motifs is 1. The second kappa shape index (κ2) is 4.71. The van der Waals surface area contributed by atoms with Gasteiger partial charge in [0.15, 0.2) is 5.65 Å². The normalized spacial score (nSPS) is 14.1. The SMILES string of the molecule is Cc1ccnc2nc(CC(C)CC(C)(C)C)[nH]c12. The molecule has 0 aliphatic carbocycles. The Labute approximate surface area is 109 Å². The minimum Gasteiger partial charge on any atom is -0.340 e. The van der Waals surface area contributed by atoms with Crippen LogP contribution < -0.4 is 0 Å². The van der Waals surface area contributed by atoms with Crippen LogP contribution in [0.3, 0.4) is 0 Å². The molecule has 2 aromatic rings. The molecule has 0 saturated heterocycles. The third-order valence-electron chi connectivity index (χ3n) is 3.15. The Balaban J connectivity index is 2.15. The van der Waals surface area contributed by atoms with Crippen LogP contribution in [-0.2, 0) is 6.42 Å². The Kier molecular flexibility index (Phi) is 3.42. The highest BCUT2D eigenvalue weighted by atomic mass is 15.0. The van der Waals surface area contributed by atoms with Gasteiger partial charge in [0.05, 0.1) is 5.52 Å². The quantitative estimate of drug-likeness (QED) is 0.891. The zero-order valence-electron chi connectivity index (χ0n) is 12.0. The summed E-state index contributed by atoms with van der Waals surface area (Å²) in [6.45, 7) is 11.2. The van der Waals surface area contributed by atoms with Crippen LogP contribution in [0.2, 0.25) is 0 Å². The predicted octanol–water partition coefficient (Wildman–Crippen LogP) is 3.88.